The van der Waals surface area contributed by atoms with Gasteiger partial charge in [0.15, 0.2) is 0 Å². The van der Waals surface area contributed by atoms with Crippen LogP contribution in [-0.4, -0.2) is 10.1 Å². The van der Waals surface area contributed by atoms with E-state index >= 15 is 0 Å². The smallest absolute Gasteiger partial charge is 0.145 e. The summed E-state index contributed by atoms with van der Waals surface area (Å²) in [5, 5.41) is 9.38. The summed E-state index contributed by atoms with van der Waals surface area (Å²) in [5.41, 5.74) is 1.83. The van der Waals surface area contributed by atoms with Crippen molar-refractivity contribution in [3.05, 3.63) is 53.9 Å². The molecule has 1 aromatic carbocycles. The molecule has 1 unspecified atom stereocenters. The number of ether oxygens (including phenoxy) is 1. The number of hydrogen-bond acceptors (Lipinski definition) is 3. The van der Waals surface area contributed by atoms with Crippen LogP contribution in [0.25, 0.3) is 0 Å². The number of rotatable bonds is 3. The molecule has 0 aliphatic rings. The first-order valence-corrected chi connectivity index (χ1v) is 5.54. The van der Waals surface area contributed by atoms with Crippen LogP contribution in [-0.2, 0) is 0 Å². The van der Waals surface area contributed by atoms with Crippen LogP contribution in [0.5, 0.6) is 11.5 Å². The van der Waals surface area contributed by atoms with Crippen LogP contribution in [0.15, 0.2) is 42.6 Å². The molecule has 0 aliphatic heterocycles. The van der Waals surface area contributed by atoms with Crippen LogP contribution >= 0.6 is 0 Å². The molecule has 1 heterocycles. The van der Waals surface area contributed by atoms with Crippen LogP contribution in [0.3, 0.4) is 0 Å². The Hall–Kier alpha value is -1.87. The van der Waals surface area contributed by atoms with E-state index in [0.717, 1.165) is 17.0 Å². The lowest BCUT2D eigenvalue weighted by atomic mass is 10.1. The van der Waals surface area contributed by atoms with E-state index < -0.39 is 6.10 Å². The molecule has 0 aliphatic carbocycles. The van der Waals surface area contributed by atoms with Crippen LogP contribution in [0.1, 0.15) is 24.3 Å². The van der Waals surface area contributed by atoms with Crippen molar-refractivity contribution in [1.82, 2.24) is 4.98 Å². The topological polar surface area (TPSA) is 42.4 Å². The standard InChI is InChI=1S/C14H15NO2/c1-10-3-6-14(9-15-10)17-13-7-4-12(5-8-13)11(2)16/h3-9,11,16H,1-2H3. The van der Waals surface area contributed by atoms with Crippen molar-refractivity contribution in [2.45, 2.75) is 20.0 Å². The van der Waals surface area contributed by atoms with E-state index in [-0.39, 0.29) is 0 Å². The predicted octanol–water partition coefficient (Wildman–Crippen LogP) is 3.24. The van der Waals surface area contributed by atoms with E-state index in [1.54, 1.807) is 13.1 Å². The van der Waals surface area contributed by atoms with Crippen molar-refractivity contribution < 1.29 is 9.84 Å². The van der Waals surface area contributed by atoms with E-state index in [1.165, 1.54) is 0 Å². The molecule has 17 heavy (non-hydrogen) atoms. The first-order valence-electron chi connectivity index (χ1n) is 5.54. The average molecular weight is 229 g/mol. The molecule has 1 atom stereocenters. The van der Waals surface area contributed by atoms with E-state index in [2.05, 4.69) is 4.98 Å². The monoisotopic (exact) mass is 229 g/mol. The Labute approximate surface area is 101 Å². The van der Waals surface area contributed by atoms with Gasteiger partial charge in [0.2, 0.25) is 0 Å². The molecule has 0 saturated heterocycles. The summed E-state index contributed by atoms with van der Waals surface area (Å²) in [7, 11) is 0. The van der Waals surface area contributed by atoms with E-state index in [1.807, 2.05) is 43.3 Å². The average Bonchev–Trinajstić information content (AvgIpc) is 2.33. The molecule has 0 amide bonds. The fourth-order valence-electron chi connectivity index (χ4n) is 1.47. The van der Waals surface area contributed by atoms with Gasteiger partial charge in [-0.2, -0.15) is 0 Å². The van der Waals surface area contributed by atoms with Crippen molar-refractivity contribution in [2.24, 2.45) is 0 Å². The van der Waals surface area contributed by atoms with Gasteiger partial charge in [0, 0.05) is 5.69 Å². The second kappa shape index (κ2) is 4.97. The Morgan fingerprint density at radius 3 is 2.24 bits per heavy atom. The van der Waals surface area contributed by atoms with Gasteiger partial charge in [-0.15, -0.1) is 0 Å². The number of nitrogens with zero attached hydrogens (tertiary/aromatic N) is 1. The third kappa shape index (κ3) is 3.04. The normalized spacial score (nSPS) is 12.2. The van der Waals surface area contributed by atoms with Gasteiger partial charge >= 0.3 is 0 Å². The highest BCUT2D eigenvalue weighted by molar-refractivity contribution is 5.32. The van der Waals surface area contributed by atoms with Crippen LogP contribution in [0, 0.1) is 6.92 Å². The molecule has 88 valence electrons. The molecule has 2 rings (SSSR count). The van der Waals surface area contributed by atoms with Gasteiger partial charge in [-0.25, -0.2) is 0 Å². The first-order chi connectivity index (χ1) is 8.15. The molecule has 1 N–H and O–H groups in total. The van der Waals surface area contributed by atoms with Crippen molar-refractivity contribution in [3.8, 4) is 11.5 Å². The molecule has 0 radical (unpaired) electrons. The summed E-state index contributed by atoms with van der Waals surface area (Å²) in [6, 6.07) is 11.2. The van der Waals surface area contributed by atoms with Gasteiger partial charge < -0.3 is 9.84 Å². The van der Waals surface area contributed by atoms with E-state index in [0.29, 0.717) is 5.75 Å². The van der Waals surface area contributed by atoms with E-state index in [4.69, 9.17) is 4.74 Å². The molecular weight excluding hydrogens is 214 g/mol. The summed E-state index contributed by atoms with van der Waals surface area (Å²) in [5.74, 6) is 1.44. The lowest BCUT2D eigenvalue weighted by Gasteiger charge is -2.08. The first kappa shape index (κ1) is 11.6. The Kier molecular flexibility index (Phi) is 3.40. The molecule has 0 spiro atoms. The molecule has 3 heteroatoms. The summed E-state index contributed by atoms with van der Waals surface area (Å²) < 4.78 is 5.62. The minimum absolute atomic E-state index is 0.454. The fraction of sp³-hybridized carbons (Fsp3) is 0.214. The molecule has 0 bridgehead atoms. The number of aryl methyl sites for hydroxylation is 1. The van der Waals surface area contributed by atoms with Crippen molar-refractivity contribution >= 4 is 0 Å². The number of aliphatic hydroxyl groups is 1. The number of benzene rings is 1. The minimum atomic E-state index is -0.454. The van der Waals surface area contributed by atoms with Gasteiger partial charge in [0.05, 0.1) is 12.3 Å². The predicted molar refractivity (Wildman–Crippen MR) is 66.1 cm³/mol. The lowest BCUT2D eigenvalue weighted by molar-refractivity contribution is 0.199. The van der Waals surface area contributed by atoms with Crippen LogP contribution < -0.4 is 4.74 Å². The van der Waals surface area contributed by atoms with Gasteiger partial charge in [-0.05, 0) is 43.7 Å². The highest BCUT2D eigenvalue weighted by Crippen LogP contribution is 2.22. The molecule has 0 saturated carbocycles. The zero-order valence-corrected chi connectivity index (χ0v) is 9.92. The molecular formula is C14H15NO2. The Balaban J connectivity index is 2.11. The number of hydrogen-bond donors (Lipinski definition) is 1. The third-order valence-electron chi connectivity index (χ3n) is 2.48. The highest BCUT2D eigenvalue weighted by Gasteiger charge is 2.01. The number of aliphatic hydroxyl groups excluding tert-OH is 1. The third-order valence-corrected chi connectivity index (χ3v) is 2.48. The minimum Gasteiger partial charge on any atom is -0.456 e. The van der Waals surface area contributed by atoms with Gasteiger partial charge in [-0.1, -0.05) is 12.1 Å². The highest BCUT2D eigenvalue weighted by atomic mass is 16.5. The quantitative estimate of drug-likeness (QED) is 0.878. The molecule has 2 aromatic rings. The number of aromatic nitrogens is 1. The fourth-order valence-corrected chi connectivity index (χ4v) is 1.47. The molecule has 3 nitrogen and oxygen atoms in total. The van der Waals surface area contributed by atoms with Crippen molar-refractivity contribution in [2.75, 3.05) is 0 Å². The summed E-state index contributed by atoms with van der Waals surface area (Å²) in [4.78, 5) is 4.16. The maximum Gasteiger partial charge on any atom is 0.145 e. The van der Waals surface area contributed by atoms with Crippen LogP contribution in [0.4, 0.5) is 0 Å². The SMILES string of the molecule is Cc1ccc(Oc2ccc(C(C)O)cc2)cn1. The molecule has 0 fully saturated rings. The van der Waals surface area contributed by atoms with Gasteiger partial charge in [-0.3, -0.25) is 4.98 Å². The Bertz CT molecular complexity index is 475. The van der Waals surface area contributed by atoms with Crippen LogP contribution in [0.2, 0.25) is 0 Å². The van der Waals surface area contributed by atoms with Gasteiger partial charge in [0.25, 0.3) is 0 Å². The lowest BCUT2D eigenvalue weighted by Crippen LogP contribution is -1.91. The zero-order valence-electron chi connectivity index (χ0n) is 9.92. The summed E-state index contributed by atoms with van der Waals surface area (Å²) in [6.07, 6.45) is 1.24. The maximum atomic E-state index is 9.38. The second-order valence-electron chi connectivity index (χ2n) is 3.98. The zero-order chi connectivity index (χ0) is 12.3. The van der Waals surface area contributed by atoms with Crippen molar-refractivity contribution in [3.63, 3.8) is 0 Å². The Morgan fingerprint density at radius 1 is 1.06 bits per heavy atom. The van der Waals surface area contributed by atoms with E-state index in [9.17, 15) is 5.11 Å². The molecule has 1 aromatic heterocycles. The second-order valence-corrected chi connectivity index (χ2v) is 3.98. The maximum absolute atomic E-state index is 9.38. The summed E-state index contributed by atoms with van der Waals surface area (Å²) in [6.45, 7) is 3.67. The number of pyridine rings is 1. The largest absolute Gasteiger partial charge is 0.456 e. The Morgan fingerprint density at radius 2 is 1.71 bits per heavy atom. The van der Waals surface area contributed by atoms with Gasteiger partial charge in [0.1, 0.15) is 11.5 Å². The summed E-state index contributed by atoms with van der Waals surface area (Å²) >= 11 is 0. The van der Waals surface area contributed by atoms with Crippen molar-refractivity contribution in [1.29, 1.82) is 0 Å².